The number of carbonyl (C=O) groups excluding carboxylic acids is 2. The van der Waals surface area contributed by atoms with Crippen molar-refractivity contribution in [3.8, 4) is 17.2 Å². The summed E-state index contributed by atoms with van der Waals surface area (Å²) < 4.78 is 31.0. The van der Waals surface area contributed by atoms with Gasteiger partial charge in [-0.3, -0.25) is 4.79 Å². The van der Waals surface area contributed by atoms with Crippen LogP contribution in [-0.2, 0) is 0 Å². The van der Waals surface area contributed by atoms with E-state index in [0.29, 0.717) is 44.8 Å². The zero-order valence-electron chi connectivity index (χ0n) is 16.8. The Bertz CT molecular complexity index is 1270. The van der Waals surface area contributed by atoms with Gasteiger partial charge in [-0.2, -0.15) is 5.10 Å². The van der Waals surface area contributed by atoms with E-state index in [1.54, 1.807) is 30.3 Å². The van der Waals surface area contributed by atoms with Crippen LogP contribution < -0.4 is 19.6 Å². The van der Waals surface area contributed by atoms with E-state index in [1.165, 1.54) is 24.4 Å². The largest absolute Gasteiger partial charge is 0.486 e. The Morgan fingerprint density at radius 1 is 1.00 bits per heavy atom. The van der Waals surface area contributed by atoms with Gasteiger partial charge in [-0.15, -0.1) is 0 Å². The molecule has 0 bridgehead atoms. The Morgan fingerprint density at radius 2 is 1.79 bits per heavy atom. The first-order valence-corrected chi connectivity index (χ1v) is 11.2. The molecule has 4 rings (SSSR count). The van der Waals surface area contributed by atoms with Crippen molar-refractivity contribution in [2.75, 3.05) is 13.2 Å². The van der Waals surface area contributed by atoms with E-state index in [9.17, 15) is 14.0 Å². The summed E-state index contributed by atoms with van der Waals surface area (Å²) in [4.78, 5) is 25.0. The van der Waals surface area contributed by atoms with Crippen LogP contribution in [0.5, 0.6) is 17.2 Å². The SMILES string of the molecule is O=C(NN=Cc1cc(Br)cc(Br)c1OC(=O)c1cccc(F)c1)c1ccc2c(c1)OCCO2. The molecule has 0 aromatic heterocycles. The minimum atomic E-state index is -0.743. The van der Waals surface area contributed by atoms with Gasteiger partial charge < -0.3 is 14.2 Å². The van der Waals surface area contributed by atoms with Crippen LogP contribution in [0.1, 0.15) is 26.3 Å². The average molecular weight is 578 g/mol. The quantitative estimate of drug-likeness (QED) is 0.197. The van der Waals surface area contributed by atoms with Crippen molar-refractivity contribution in [2.45, 2.75) is 0 Å². The lowest BCUT2D eigenvalue weighted by atomic mass is 10.2. The Balaban J connectivity index is 1.51. The number of hydrazone groups is 1. The van der Waals surface area contributed by atoms with Crippen molar-refractivity contribution in [1.82, 2.24) is 5.43 Å². The van der Waals surface area contributed by atoms with Gasteiger partial charge in [0.1, 0.15) is 19.0 Å². The molecule has 1 aliphatic heterocycles. The van der Waals surface area contributed by atoms with Gasteiger partial charge in [0.15, 0.2) is 17.2 Å². The molecule has 0 radical (unpaired) electrons. The molecule has 1 heterocycles. The van der Waals surface area contributed by atoms with Crippen molar-refractivity contribution >= 4 is 50.0 Å². The number of benzene rings is 3. The van der Waals surface area contributed by atoms with E-state index in [1.807, 2.05) is 0 Å². The third-order valence-corrected chi connectivity index (χ3v) is 5.51. The third kappa shape index (κ3) is 5.58. The summed E-state index contributed by atoms with van der Waals surface area (Å²) in [5, 5.41) is 3.98. The van der Waals surface area contributed by atoms with Gasteiger partial charge in [0.2, 0.25) is 0 Å². The van der Waals surface area contributed by atoms with Crippen LogP contribution >= 0.6 is 31.9 Å². The molecule has 0 spiro atoms. The standard InChI is InChI=1S/C23H15Br2FN2O5/c24-16-8-15(21(18(25)11-16)33-23(30)14-2-1-3-17(26)9-14)12-27-28-22(29)13-4-5-19-20(10-13)32-7-6-31-19/h1-5,8-12H,6-7H2,(H,28,29). The molecule has 10 heteroatoms. The van der Waals surface area contributed by atoms with Gasteiger partial charge in [-0.1, -0.05) is 22.0 Å². The minimum Gasteiger partial charge on any atom is -0.486 e. The van der Waals surface area contributed by atoms with Crippen LogP contribution in [0.4, 0.5) is 4.39 Å². The van der Waals surface area contributed by atoms with Gasteiger partial charge >= 0.3 is 5.97 Å². The molecular weight excluding hydrogens is 563 g/mol. The predicted octanol–water partition coefficient (Wildman–Crippen LogP) is 5.11. The van der Waals surface area contributed by atoms with Crippen LogP contribution in [0.2, 0.25) is 0 Å². The Labute approximate surface area is 204 Å². The maximum atomic E-state index is 13.5. The molecule has 0 fully saturated rings. The first kappa shape index (κ1) is 22.9. The molecule has 7 nitrogen and oxygen atoms in total. The van der Waals surface area contributed by atoms with E-state index >= 15 is 0 Å². The van der Waals surface area contributed by atoms with Crippen LogP contribution in [-0.4, -0.2) is 31.3 Å². The Morgan fingerprint density at radius 3 is 2.58 bits per heavy atom. The highest BCUT2D eigenvalue weighted by Gasteiger charge is 2.17. The van der Waals surface area contributed by atoms with Crippen molar-refractivity contribution in [3.63, 3.8) is 0 Å². The Kier molecular flexibility index (Phi) is 7.05. The fourth-order valence-corrected chi connectivity index (χ4v) is 4.30. The number of esters is 1. The predicted molar refractivity (Wildman–Crippen MR) is 126 cm³/mol. The number of ether oxygens (including phenoxy) is 3. The maximum Gasteiger partial charge on any atom is 0.343 e. The average Bonchev–Trinajstić information content (AvgIpc) is 2.80. The lowest BCUT2D eigenvalue weighted by Crippen LogP contribution is -2.19. The monoisotopic (exact) mass is 576 g/mol. The number of amides is 1. The second kappa shape index (κ2) is 10.1. The van der Waals surface area contributed by atoms with Crippen LogP contribution in [0.3, 0.4) is 0 Å². The molecule has 0 unspecified atom stereocenters. The van der Waals surface area contributed by atoms with Gasteiger partial charge in [-0.05, 0) is 64.5 Å². The van der Waals surface area contributed by atoms with Crippen LogP contribution in [0, 0.1) is 5.82 Å². The van der Waals surface area contributed by atoms with E-state index < -0.39 is 17.7 Å². The first-order valence-electron chi connectivity index (χ1n) is 9.60. The van der Waals surface area contributed by atoms with E-state index in [0.717, 1.165) is 6.07 Å². The summed E-state index contributed by atoms with van der Waals surface area (Å²) in [7, 11) is 0. The smallest absolute Gasteiger partial charge is 0.343 e. The van der Waals surface area contributed by atoms with Crippen LogP contribution in [0.25, 0.3) is 0 Å². The molecule has 1 aliphatic rings. The summed E-state index contributed by atoms with van der Waals surface area (Å²) in [5.41, 5.74) is 3.21. The highest BCUT2D eigenvalue weighted by molar-refractivity contribution is 9.11. The van der Waals surface area contributed by atoms with E-state index in [2.05, 4.69) is 42.4 Å². The topological polar surface area (TPSA) is 86.2 Å². The maximum absolute atomic E-state index is 13.5. The van der Waals surface area contributed by atoms with Crippen molar-refractivity contribution in [1.29, 1.82) is 0 Å². The fraction of sp³-hybridized carbons (Fsp3) is 0.0870. The van der Waals surface area contributed by atoms with E-state index in [4.69, 9.17) is 14.2 Å². The summed E-state index contributed by atoms with van der Waals surface area (Å²) in [6.45, 7) is 0.863. The zero-order valence-corrected chi connectivity index (χ0v) is 20.0. The Hall–Kier alpha value is -3.24. The molecule has 168 valence electrons. The number of halogens is 3. The van der Waals surface area contributed by atoms with Gasteiger partial charge in [0.25, 0.3) is 5.91 Å². The summed E-state index contributed by atoms with van der Waals surface area (Å²) in [6, 6.07) is 13.3. The first-order chi connectivity index (χ1) is 15.9. The molecule has 0 saturated carbocycles. The normalized spacial score (nSPS) is 12.5. The lowest BCUT2D eigenvalue weighted by Gasteiger charge is -2.18. The molecule has 0 saturated heterocycles. The number of hydrogen-bond donors (Lipinski definition) is 1. The van der Waals surface area contributed by atoms with Crippen molar-refractivity contribution in [2.24, 2.45) is 5.10 Å². The zero-order chi connectivity index (χ0) is 23.4. The minimum absolute atomic E-state index is 0.0552. The molecule has 1 amide bonds. The van der Waals surface area contributed by atoms with E-state index in [-0.39, 0.29) is 11.3 Å². The molecular formula is C23H15Br2FN2O5. The molecule has 3 aromatic carbocycles. The molecule has 3 aromatic rings. The fourth-order valence-electron chi connectivity index (χ4n) is 2.96. The van der Waals surface area contributed by atoms with Gasteiger partial charge in [0.05, 0.1) is 16.3 Å². The number of carbonyl (C=O) groups is 2. The summed E-state index contributed by atoms with van der Waals surface area (Å²) >= 11 is 6.72. The number of nitrogens with zero attached hydrogens (tertiary/aromatic N) is 1. The number of hydrogen-bond acceptors (Lipinski definition) is 6. The molecule has 1 N–H and O–H groups in total. The number of fused-ring (bicyclic) bond motifs is 1. The third-order valence-electron chi connectivity index (χ3n) is 4.47. The number of rotatable bonds is 5. The number of nitrogens with one attached hydrogen (secondary N) is 1. The van der Waals surface area contributed by atoms with Crippen molar-refractivity contribution in [3.05, 3.63) is 86.1 Å². The second-order valence-electron chi connectivity index (χ2n) is 6.76. The highest BCUT2D eigenvalue weighted by atomic mass is 79.9. The van der Waals surface area contributed by atoms with Crippen molar-refractivity contribution < 1.29 is 28.2 Å². The molecule has 33 heavy (non-hydrogen) atoms. The molecule has 0 aliphatic carbocycles. The lowest BCUT2D eigenvalue weighted by molar-refractivity contribution is 0.0732. The van der Waals surface area contributed by atoms with Gasteiger partial charge in [0, 0.05) is 15.6 Å². The summed E-state index contributed by atoms with van der Waals surface area (Å²) in [5.74, 6) is -0.541. The molecule has 0 atom stereocenters. The van der Waals surface area contributed by atoms with Gasteiger partial charge in [-0.25, -0.2) is 14.6 Å². The highest BCUT2D eigenvalue weighted by Crippen LogP contribution is 2.33. The second-order valence-corrected chi connectivity index (χ2v) is 8.53. The van der Waals surface area contributed by atoms with Crippen LogP contribution in [0.15, 0.2) is 68.6 Å². The summed E-state index contributed by atoms with van der Waals surface area (Å²) in [6.07, 6.45) is 1.33.